The van der Waals surface area contributed by atoms with E-state index in [9.17, 15) is 9.59 Å². The molecule has 2 rings (SSSR count). The van der Waals surface area contributed by atoms with Gasteiger partial charge in [-0.25, -0.2) is 9.48 Å². The van der Waals surface area contributed by atoms with Gasteiger partial charge in [-0.2, -0.15) is 0 Å². The number of hydrogen-bond acceptors (Lipinski definition) is 3. The fraction of sp³-hybridized carbons (Fsp3) is 0.250. The van der Waals surface area contributed by atoms with E-state index in [2.05, 4.69) is 21.0 Å². The van der Waals surface area contributed by atoms with E-state index in [-0.39, 0.29) is 10.8 Å². The lowest BCUT2D eigenvalue weighted by Crippen LogP contribution is -2.29. The summed E-state index contributed by atoms with van der Waals surface area (Å²) in [5, 5.41) is 13.4. The van der Waals surface area contributed by atoms with E-state index in [0.29, 0.717) is 5.02 Å². The van der Waals surface area contributed by atoms with Crippen LogP contribution in [0.2, 0.25) is 5.02 Å². The van der Waals surface area contributed by atoms with Gasteiger partial charge in [0.05, 0.1) is 6.04 Å². The molecule has 1 unspecified atom stereocenters. The average Bonchev–Trinajstić information content (AvgIpc) is 2.66. The van der Waals surface area contributed by atoms with Crippen molar-refractivity contribution in [2.24, 2.45) is 0 Å². The highest BCUT2D eigenvalue weighted by molar-refractivity contribution is 9.10. The summed E-state index contributed by atoms with van der Waals surface area (Å²) >= 11 is 8.91. The van der Waals surface area contributed by atoms with E-state index in [0.717, 1.165) is 10.1 Å². The molecule has 106 valence electrons. The molecule has 0 radical (unpaired) electrons. The molecule has 2 aromatic rings. The monoisotopic (exact) mass is 359 g/mol. The minimum Gasteiger partial charge on any atom is -0.480 e. The van der Waals surface area contributed by atoms with E-state index >= 15 is 0 Å². The predicted octanol–water partition coefficient (Wildman–Crippen LogP) is 2.15. The van der Waals surface area contributed by atoms with Crippen LogP contribution >= 0.6 is 27.5 Å². The summed E-state index contributed by atoms with van der Waals surface area (Å²) in [5.74, 6) is -1.11. The number of carboxylic acid groups (broad SMARTS) is 1. The normalized spacial score (nSPS) is 12.3. The molecule has 1 aromatic carbocycles. The number of aliphatic carboxylic acids is 1. The largest absolute Gasteiger partial charge is 0.480 e. The quantitative estimate of drug-likeness (QED) is 0.906. The van der Waals surface area contributed by atoms with Gasteiger partial charge in [-0.1, -0.05) is 23.7 Å². The smallest absolute Gasteiger partial charge is 0.347 e. The summed E-state index contributed by atoms with van der Waals surface area (Å²) in [7, 11) is 0. The predicted molar refractivity (Wildman–Crippen MR) is 77.1 cm³/mol. The van der Waals surface area contributed by atoms with Crippen LogP contribution in [0.1, 0.15) is 18.5 Å². The molecule has 8 heteroatoms. The maximum Gasteiger partial charge on any atom is 0.347 e. The van der Waals surface area contributed by atoms with E-state index in [1.54, 1.807) is 31.2 Å². The van der Waals surface area contributed by atoms with Crippen molar-refractivity contribution in [3.8, 4) is 0 Å². The molecule has 0 aliphatic heterocycles. The molecule has 0 aliphatic rings. The van der Waals surface area contributed by atoms with Gasteiger partial charge < -0.3 is 5.11 Å². The van der Waals surface area contributed by atoms with Crippen molar-refractivity contribution in [3.63, 3.8) is 0 Å². The van der Waals surface area contributed by atoms with Crippen molar-refractivity contribution < 1.29 is 9.90 Å². The molecule has 6 nitrogen and oxygen atoms in total. The Hall–Kier alpha value is -1.60. The molecule has 1 N–H and O–H groups in total. The Bertz CT molecular complexity index is 693. The third-order valence-electron chi connectivity index (χ3n) is 2.85. The Kier molecular flexibility index (Phi) is 4.29. The zero-order chi connectivity index (χ0) is 14.9. The molecule has 0 bridgehead atoms. The maximum atomic E-state index is 12.2. The SMILES string of the molecule is CC(c1ccc(Cl)cc1)n1nc(Br)n(CC(=O)O)c1=O. The van der Waals surface area contributed by atoms with E-state index in [1.807, 2.05) is 0 Å². The maximum absolute atomic E-state index is 12.2. The summed E-state index contributed by atoms with van der Waals surface area (Å²) in [4.78, 5) is 22.9. The van der Waals surface area contributed by atoms with Crippen molar-refractivity contribution >= 4 is 33.5 Å². The number of hydrogen-bond donors (Lipinski definition) is 1. The standard InChI is InChI=1S/C12H11BrClN3O3/c1-7(8-2-4-9(14)5-3-8)17-12(20)16(6-10(18)19)11(13)15-17/h2-5,7H,6H2,1H3,(H,18,19). The summed E-state index contributed by atoms with van der Waals surface area (Å²) in [6.45, 7) is 1.36. The minimum atomic E-state index is -1.11. The Morgan fingerprint density at radius 3 is 2.60 bits per heavy atom. The summed E-state index contributed by atoms with van der Waals surface area (Å²) in [6.07, 6.45) is 0. The molecular weight excluding hydrogens is 350 g/mol. The molecular formula is C12H11BrClN3O3. The molecule has 20 heavy (non-hydrogen) atoms. The highest BCUT2D eigenvalue weighted by Gasteiger charge is 2.18. The molecule has 0 aliphatic carbocycles. The first-order chi connectivity index (χ1) is 9.40. The Morgan fingerprint density at radius 2 is 2.05 bits per heavy atom. The minimum absolute atomic E-state index is 0.186. The second-order valence-corrected chi connectivity index (χ2v) is 5.35. The van der Waals surface area contributed by atoms with Crippen LogP contribution in [0.3, 0.4) is 0 Å². The molecule has 0 saturated carbocycles. The first kappa shape index (κ1) is 14.8. The lowest BCUT2D eigenvalue weighted by atomic mass is 10.1. The molecule has 0 amide bonds. The Morgan fingerprint density at radius 1 is 1.45 bits per heavy atom. The highest BCUT2D eigenvalue weighted by atomic mass is 79.9. The van der Waals surface area contributed by atoms with Gasteiger partial charge in [0.25, 0.3) is 0 Å². The lowest BCUT2D eigenvalue weighted by molar-refractivity contribution is -0.137. The van der Waals surface area contributed by atoms with Gasteiger partial charge in [0.2, 0.25) is 4.73 Å². The van der Waals surface area contributed by atoms with Crippen LogP contribution in [0.25, 0.3) is 0 Å². The number of nitrogens with zero attached hydrogens (tertiary/aromatic N) is 3. The number of halogens is 2. The van der Waals surface area contributed by atoms with Crippen molar-refractivity contribution in [1.82, 2.24) is 14.3 Å². The number of carbonyl (C=O) groups is 1. The average molecular weight is 361 g/mol. The van der Waals surface area contributed by atoms with E-state index in [4.69, 9.17) is 16.7 Å². The van der Waals surface area contributed by atoms with Gasteiger partial charge in [-0.15, -0.1) is 5.10 Å². The third kappa shape index (κ3) is 2.94. The molecule has 0 fully saturated rings. The van der Waals surface area contributed by atoms with Gasteiger partial charge in [-0.3, -0.25) is 9.36 Å². The summed E-state index contributed by atoms with van der Waals surface area (Å²) < 4.78 is 2.47. The first-order valence-electron chi connectivity index (χ1n) is 5.72. The lowest BCUT2D eigenvalue weighted by Gasteiger charge is -2.10. The summed E-state index contributed by atoms with van der Waals surface area (Å²) in [6, 6.07) is 6.71. The van der Waals surface area contributed by atoms with Crippen molar-refractivity contribution in [2.45, 2.75) is 19.5 Å². The van der Waals surface area contributed by atoms with Gasteiger partial charge >= 0.3 is 11.7 Å². The van der Waals surface area contributed by atoms with Gasteiger partial charge in [-0.05, 0) is 40.5 Å². The molecule has 0 saturated heterocycles. The van der Waals surface area contributed by atoms with Crippen molar-refractivity contribution in [3.05, 3.63) is 50.1 Å². The molecule has 1 aromatic heterocycles. The van der Waals surface area contributed by atoms with Crippen LogP contribution in [0, 0.1) is 0 Å². The first-order valence-corrected chi connectivity index (χ1v) is 6.89. The number of benzene rings is 1. The molecule has 0 spiro atoms. The zero-order valence-electron chi connectivity index (χ0n) is 10.5. The number of rotatable bonds is 4. The van der Waals surface area contributed by atoms with Crippen LogP contribution in [0.4, 0.5) is 0 Å². The number of carboxylic acids is 1. The Labute approximate surface area is 127 Å². The van der Waals surface area contributed by atoms with Crippen molar-refractivity contribution in [2.75, 3.05) is 0 Å². The topological polar surface area (TPSA) is 77.1 Å². The fourth-order valence-electron chi connectivity index (χ4n) is 1.79. The van der Waals surface area contributed by atoms with Crippen LogP contribution in [-0.2, 0) is 11.3 Å². The van der Waals surface area contributed by atoms with Crippen LogP contribution in [0.5, 0.6) is 0 Å². The van der Waals surface area contributed by atoms with Crippen molar-refractivity contribution in [1.29, 1.82) is 0 Å². The van der Waals surface area contributed by atoms with Gasteiger partial charge in [0.1, 0.15) is 6.54 Å². The van der Waals surface area contributed by atoms with Crippen LogP contribution in [-0.4, -0.2) is 25.4 Å². The highest BCUT2D eigenvalue weighted by Crippen LogP contribution is 2.19. The van der Waals surface area contributed by atoms with Crippen LogP contribution in [0.15, 0.2) is 33.8 Å². The molecule has 1 atom stereocenters. The van der Waals surface area contributed by atoms with Gasteiger partial charge in [0, 0.05) is 5.02 Å². The van der Waals surface area contributed by atoms with Gasteiger partial charge in [0.15, 0.2) is 0 Å². The van der Waals surface area contributed by atoms with E-state index < -0.39 is 18.2 Å². The summed E-state index contributed by atoms with van der Waals surface area (Å²) in [5.41, 5.74) is 0.366. The molecule has 1 heterocycles. The Balaban J connectivity index is 2.40. The van der Waals surface area contributed by atoms with E-state index in [1.165, 1.54) is 4.68 Å². The second-order valence-electron chi connectivity index (χ2n) is 4.20. The zero-order valence-corrected chi connectivity index (χ0v) is 12.8. The van der Waals surface area contributed by atoms with Crippen LogP contribution < -0.4 is 5.69 Å². The number of aromatic nitrogens is 3. The fourth-order valence-corrected chi connectivity index (χ4v) is 2.37. The second kappa shape index (κ2) is 5.80. The third-order valence-corrected chi connectivity index (χ3v) is 3.69.